The van der Waals surface area contributed by atoms with Gasteiger partial charge in [-0.25, -0.2) is 9.18 Å². The summed E-state index contributed by atoms with van der Waals surface area (Å²) in [5.41, 5.74) is 2.12. The monoisotopic (exact) mass is 391 g/mol. The second-order valence-electron chi connectivity index (χ2n) is 6.49. The lowest BCUT2D eigenvalue weighted by Gasteiger charge is -2.30. The van der Waals surface area contributed by atoms with Crippen LogP contribution in [0.2, 0.25) is 0 Å². The standard InChI is InChI=1S/C22H18FN3O3/c23-18-9-5-4-6-15(18)13-26-19-11-10-17(12-20(19)29-14-21(26)27)25-22(28)24-16-7-2-1-3-8-16/h1-12H,13-14H2,(H2,24,25,28). The number of carbonyl (C=O) groups is 2. The van der Waals surface area contributed by atoms with Gasteiger partial charge in [-0.05, 0) is 30.3 Å². The molecule has 3 aromatic rings. The molecule has 3 aromatic carbocycles. The number of urea groups is 1. The number of anilines is 3. The molecule has 2 N–H and O–H groups in total. The van der Waals surface area contributed by atoms with Crippen molar-refractivity contribution in [2.45, 2.75) is 6.54 Å². The molecule has 146 valence electrons. The Hall–Kier alpha value is -3.87. The molecule has 0 atom stereocenters. The van der Waals surface area contributed by atoms with Crippen molar-refractivity contribution in [1.29, 1.82) is 0 Å². The highest BCUT2D eigenvalue weighted by molar-refractivity contribution is 6.01. The van der Waals surface area contributed by atoms with E-state index in [0.717, 1.165) is 0 Å². The van der Waals surface area contributed by atoms with E-state index >= 15 is 0 Å². The number of nitrogens with one attached hydrogen (secondary N) is 2. The largest absolute Gasteiger partial charge is 0.481 e. The Morgan fingerprint density at radius 2 is 1.69 bits per heavy atom. The normalized spacial score (nSPS) is 12.7. The summed E-state index contributed by atoms with van der Waals surface area (Å²) in [4.78, 5) is 26.0. The van der Waals surface area contributed by atoms with Crippen LogP contribution in [0, 0.1) is 5.82 Å². The van der Waals surface area contributed by atoms with E-state index in [1.807, 2.05) is 18.2 Å². The van der Waals surface area contributed by atoms with Gasteiger partial charge in [0.15, 0.2) is 6.61 Å². The van der Waals surface area contributed by atoms with Gasteiger partial charge in [0, 0.05) is 23.0 Å². The van der Waals surface area contributed by atoms with Gasteiger partial charge in [-0.1, -0.05) is 36.4 Å². The van der Waals surface area contributed by atoms with E-state index in [1.54, 1.807) is 48.5 Å². The Labute approximate surface area is 166 Å². The van der Waals surface area contributed by atoms with E-state index in [1.165, 1.54) is 11.0 Å². The molecule has 7 heteroatoms. The van der Waals surface area contributed by atoms with E-state index in [0.29, 0.717) is 28.4 Å². The quantitative estimate of drug-likeness (QED) is 0.693. The minimum atomic E-state index is -0.397. The van der Waals surface area contributed by atoms with Gasteiger partial charge in [-0.3, -0.25) is 4.79 Å². The van der Waals surface area contributed by atoms with E-state index < -0.39 is 6.03 Å². The fourth-order valence-electron chi connectivity index (χ4n) is 3.07. The summed E-state index contributed by atoms with van der Waals surface area (Å²) in [5.74, 6) is -0.189. The number of para-hydroxylation sites is 1. The van der Waals surface area contributed by atoms with Crippen LogP contribution in [0.3, 0.4) is 0 Å². The number of ether oxygens (including phenoxy) is 1. The zero-order valence-corrected chi connectivity index (χ0v) is 15.4. The number of hydrogen-bond donors (Lipinski definition) is 2. The Morgan fingerprint density at radius 3 is 2.48 bits per heavy atom. The Morgan fingerprint density at radius 1 is 0.966 bits per heavy atom. The van der Waals surface area contributed by atoms with Gasteiger partial charge in [0.05, 0.1) is 12.2 Å². The lowest BCUT2D eigenvalue weighted by Crippen LogP contribution is -2.38. The summed E-state index contributed by atoms with van der Waals surface area (Å²) in [6.07, 6.45) is 0. The maximum absolute atomic E-state index is 14.0. The fourth-order valence-corrected chi connectivity index (χ4v) is 3.07. The van der Waals surface area contributed by atoms with Crippen molar-refractivity contribution in [2.24, 2.45) is 0 Å². The molecule has 0 fully saturated rings. The van der Waals surface area contributed by atoms with Crippen LogP contribution in [0.4, 0.5) is 26.2 Å². The second-order valence-corrected chi connectivity index (χ2v) is 6.49. The third-order valence-electron chi connectivity index (χ3n) is 4.48. The maximum Gasteiger partial charge on any atom is 0.323 e. The topological polar surface area (TPSA) is 70.7 Å². The highest BCUT2D eigenvalue weighted by Gasteiger charge is 2.26. The van der Waals surface area contributed by atoms with Crippen molar-refractivity contribution in [3.8, 4) is 5.75 Å². The second kappa shape index (κ2) is 8.02. The van der Waals surface area contributed by atoms with Gasteiger partial charge in [0.2, 0.25) is 0 Å². The van der Waals surface area contributed by atoms with Crippen LogP contribution in [0.25, 0.3) is 0 Å². The Balaban J connectivity index is 1.51. The molecule has 4 rings (SSSR count). The van der Waals surface area contributed by atoms with Gasteiger partial charge < -0.3 is 20.3 Å². The van der Waals surface area contributed by atoms with Crippen molar-refractivity contribution in [2.75, 3.05) is 22.1 Å². The first-order chi connectivity index (χ1) is 14.1. The third kappa shape index (κ3) is 4.19. The maximum atomic E-state index is 14.0. The summed E-state index contributed by atoms with van der Waals surface area (Å²) in [6.45, 7) is -0.0513. The molecule has 29 heavy (non-hydrogen) atoms. The highest BCUT2D eigenvalue weighted by atomic mass is 19.1. The number of nitrogens with zero attached hydrogens (tertiary/aromatic N) is 1. The van der Waals surface area contributed by atoms with Crippen molar-refractivity contribution in [3.05, 3.63) is 84.2 Å². The molecule has 1 aliphatic rings. The van der Waals surface area contributed by atoms with E-state index in [2.05, 4.69) is 10.6 Å². The average Bonchev–Trinajstić information content (AvgIpc) is 2.72. The van der Waals surface area contributed by atoms with Gasteiger partial charge in [0.25, 0.3) is 5.91 Å². The molecule has 0 spiro atoms. The molecule has 0 aromatic heterocycles. The van der Waals surface area contributed by atoms with Crippen LogP contribution >= 0.6 is 0 Å². The number of carbonyl (C=O) groups excluding carboxylic acids is 2. The lowest BCUT2D eigenvalue weighted by molar-refractivity contribution is -0.121. The van der Waals surface area contributed by atoms with Crippen LogP contribution in [0.1, 0.15) is 5.56 Å². The number of hydrogen-bond acceptors (Lipinski definition) is 3. The molecule has 1 heterocycles. The van der Waals surface area contributed by atoms with Gasteiger partial charge in [-0.15, -0.1) is 0 Å². The lowest BCUT2D eigenvalue weighted by atomic mass is 10.1. The number of amides is 3. The molecule has 1 aliphatic heterocycles. The van der Waals surface area contributed by atoms with Crippen molar-refractivity contribution in [3.63, 3.8) is 0 Å². The first-order valence-electron chi connectivity index (χ1n) is 9.04. The van der Waals surface area contributed by atoms with Crippen LogP contribution in [-0.2, 0) is 11.3 Å². The van der Waals surface area contributed by atoms with Crippen molar-refractivity contribution in [1.82, 2.24) is 0 Å². The van der Waals surface area contributed by atoms with E-state index in [9.17, 15) is 14.0 Å². The fraction of sp³-hybridized carbons (Fsp3) is 0.0909. The Kier molecular flexibility index (Phi) is 5.11. The number of benzene rings is 3. The molecule has 0 unspecified atom stereocenters. The third-order valence-corrected chi connectivity index (χ3v) is 4.48. The summed E-state index contributed by atoms with van der Waals surface area (Å²) >= 11 is 0. The summed E-state index contributed by atoms with van der Waals surface area (Å²) in [5, 5.41) is 5.46. The van der Waals surface area contributed by atoms with Crippen LogP contribution < -0.4 is 20.3 Å². The zero-order valence-electron chi connectivity index (χ0n) is 15.4. The van der Waals surface area contributed by atoms with Crippen LogP contribution in [0.5, 0.6) is 5.75 Å². The van der Waals surface area contributed by atoms with Crippen molar-refractivity contribution >= 4 is 29.0 Å². The molecule has 3 amide bonds. The number of rotatable bonds is 4. The predicted molar refractivity (Wildman–Crippen MR) is 109 cm³/mol. The number of halogens is 1. The molecule has 6 nitrogen and oxygen atoms in total. The summed E-state index contributed by atoms with van der Waals surface area (Å²) in [7, 11) is 0. The van der Waals surface area contributed by atoms with E-state index in [-0.39, 0.29) is 24.9 Å². The molecule has 0 bridgehead atoms. The predicted octanol–water partition coefficient (Wildman–Crippen LogP) is 4.40. The molecule has 0 saturated carbocycles. The minimum Gasteiger partial charge on any atom is -0.481 e. The van der Waals surface area contributed by atoms with Crippen molar-refractivity contribution < 1.29 is 18.7 Å². The van der Waals surface area contributed by atoms with E-state index in [4.69, 9.17) is 4.74 Å². The van der Waals surface area contributed by atoms with Crippen LogP contribution in [0.15, 0.2) is 72.8 Å². The van der Waals surface area contributed by atoms with Gasteiger partial charge in [0.1, 0.15) is 11.6 Å². The van der Waals surface area contributed by atoms with Crippen LogP contribution in [-0.4, -0.2) is 18.5 Å². The minimum absolute atomic E-state index is 0.100. The number of fused-ring (bicyclic) bond motifs is 1. The summed E-state index contributed by atoms with van der Waals surface area (Å²) in [6, 6.07) is 20.0. The SMILES string of the molecule is O=C(Nc1ccccc1)Nc1ccc2c(c1)OCC(=O)N2Cc1ccccc1F. The zero-order chi connectivity index (χ0) is 20.2. The average molecular weight is 391 g/mol. The smallest absolute Gasteiger partial charge is 0.323 e. The molecular weight excluding hydrogens is 373 g/mol. The first-order valence-corrected chi connectivity index (χ1v) is 9.04. The highest BCUT2D eigenvalue weighted by Crippen LogP contribution is 2.35. The molecular formula is C22H18FN3O3. The Bertz CT molecular complexity index is 1060. The van der Waals surface area contributed by atoms with Gasteiger partial charge in [-0.2, -0.15) is 0 Å². The summed E-state index contributed by atoms with van der Waals surface area (Å²) < 4.78 is 19.5. The molecule has 0 aliphatic carbocycles. The van der Waals surface area contributed by atoms with Gasteiger partial charge >= 0.3 is 6.03 Å². The molecule has 0 saturated heterocycles. The molecule has 0 radical (unpaired) electrons. The first kappa shape index (κ1) is 18.5.